The van der Waals surface area contributed by atoms with Crippen LogP contribution in [0.25, 0.3) is 0 Å². The van der Waals surface area contributed by atoms with Crippen molar-refractivity contribution >= 4 is 0 Å². The number of aliphatic hydroxyl groups excluding tert-OH is 1. The van der Waals surface area contributed by atoms with Gasteiger partial charge in [-0.05, 0) is 25.5 Å². The standard InChI is InChI=1S/C12H19NO3/c1-12(13,6-7-14)10-5-4-9(15-2)8-11(10)16-3/h4-5,8,14H,6-7,13H2,1-3H3. The van der Waals surface area contributed by atoms with E-state index in [2.05, 4.69) is 0 Å². The van der Waals surface area contributed by atoms with Crippen LogP contribution in [-0.4, -0.2) is 25.9 Å². The Labute approximate surface area is 96.0 Å². The molecule has 0 amide bonds. The molecule has 4 heteroatoms. The third-order valence-electron chi connectivity index (χ3n) is 2.66. The summed E-state index contributed by atoms with van der Waals surface area (Å²) in [7, 11) is 3.19. The fourth-order valence-corrected chi connectivity index (χ4v) is 1.64. The molecule has 16 heavy (non-hydrogen) atoms. The summed E-state index contributed by atoms with van der Waals surface area (Å²) in [5.74, 6) is 1.40. The maximum absolute atomic E-state index is 8.98. The molecule has 0 bridgehead atoms. The molecule has 4 nitrogen and oxygen atoms in total. The Bertz CT molecular complexity index is 350. The topological polar surface area (TPSA) is 64.7 Å². The SMILES string of the molecule is COc1ccc(C(C)(N)CCO)c(OC)c1. The zero-order chi connectivity index (χ0) is 12.2. The van der Waals surface area contributed by atoms with Gasteiger partial charge in [-0.3, -0.25) is 0 Å². The van der Waals surface area contributed by atoms with Crippen molar-refractivity contribution in [1.29, 1.82) is 0 Å². The number of nitrogens with two attached hydrogens (primary N) is 1. The Morgan fingerprint density at radius 2 is 2.00 bits per heavy atom. The van der Waals surface area contributed by atoms with Crippen molar-refractivity contribution in [3.8, 4) is 11.5 Å². The summed E-state index contributed by atoms with van der Waals surface area (Å²) in [6, 6.07) is 5.49. The second-order valence-corrected chi connectivity index (χ2v) is 3.96. The summed E-state index contributed by atoms with van der Waals surface area (Å²) in [6.45, 7) is 1.91. The highest BCUT2D eigenvalue weighted by atomic mass is 16.5. The molecular formula is C12H19NO3. The third kappa shape index (κ3) is 2.65. The zero-order valence-electron chi connectivity index (χ0n) is 9.99. The lowest BCUT2D eigenvalue weighted by Gasteiger charge is -2.26. The van der Waals surface area contributed by atoms with Crippen LogP contribution in [0.15, 0.2) is 18.2 Å². The molecule has 0 aromatic heterocycles. The van der Waals surface area contributed by atoms with Crippen molar-refractivity contribution in [3.63, 3.8) is 0 Å². The molecule has 0 aliphatic rings. The molecule has 0 fully saturated rings. The van der Waals surface area contributed by atoms with Gasteiger partial charge < -0.3 is 20.3 Å². The Kier molecular flexibility index (Phi) is 4.15. The Morgan fingerprint density at radius 1 is 1.31 bits per heavy atom. The van der Waals surface area contributed by atoms with Gasteiger partial charge in [0.1, 0.15) is 11.5 Å². The molecule has 1 unspecified atom stereocenters. The number of methoxy groups -OCH3 is 2. The van der Waals surface area contributed by atoms with Crippen LogP contribution in [0.2, 0.25) is 0 Å². The normalized spacial score (nSPS) is 14.3. The van der Waals surface area contributed by atoms with Crippen molar-refractivity contribution in [3.05, 3.63) is 23.8 Å². The van der Waals surface area contributed by atoms with Crippen LogP contribution < -0.4 is 15.2 Å². The Balaban J connectivity index is 3.12. The van der Waals surface area contributed by atoms with E-state index in [1.807, 2.05) is 19.1 Å². The van der Waals surface area contributed by atoms with Gasteiger partial charge in [0.15, 0.2) is 0 Å². The predicted octanol–water partition coefficient (Wildman–Crippen LogP) is 1.26. The maximum atomic E-state index is 8.98. The number of benzene rings is 1. The molecule has 0 aliphatic heterocycles. The van der Waals surface area contributed by atoms with Crippen LogP contribution in [0.4, 0.5) is 0 Å². The molecule has 1 aromatic rings. The average Bonchev–Trinajstić information content (AvgIpc) is 2.28. The fraction of sp³-hybridized carbons (Fsp3) is 0.500. The molecule has 1 rings (SSSR count). The van der Waals surface area contributed by atoms with Gasteiger partial charge in [0, 0.05) is 23.8 Å². The molecule has 0 saturated carbocycles. The highest BCUT2D eigenvalue weighted by Crippen LogP contribution is 2.33. The van der Waals surface area contributed by atoms with Gasteiger partial charge in [-0.15, -0.1) is 0 Å². The molecule has 1 atom stereocenters. The first-order valence-corrected chi connectivity index (χ1v) is 5.17. The lowest BCUT2D eigenvalue weighted by molar-refractivity contribution is 0.244. The highest BCUT2D eigenvalue weighted by Gasteiger charge is 2.24. The lowest BCUT2D eigenvalue weighted by Crippen LogP contribution is -2.34. The van der Waals surface area contributed by atoms with E-state index in [9.17, 15) is 0 Å². The first kappa shape index (κ1) is 12.8. The minimum atomic E-state index is -0.605. The van der Waals surface area contributed by atoms with Gasteiger partial charge in [0.2, 0.25) is 0 Å². The molecule has 0 radical (unpaired) electrons. The third-order valence-corrected chi connectivity index (χ3v) is 2.66. The van der Waals surface area contributed by atoms with E-state index < -0.39 is 5.54 Å². The molecule has 3 N–H and O–H groups in total. The number of ether oxygens (including phenoxy) is 2. The highest BCUT2D eigenvalue weighted by molar-refractivity contribution is 5.44. The minimum absolute atomic E-state index is 0.0438. The van der Waals surface area contributed by atoms with Gasteiger partial charge in [0.25, 0.3) is 0 Å². The lowest BCUT2D eigenvalue weighted by atomic mass is 9.89. The van der Waals surface area contributed by atoms with E-state index >= 15 is 0 Å². The van der Waals surface area contributed by atoms with Crippen molar-refractivity contribution in [2.24, 2.45) is 5.73 Å². The molecule has 1 aromatic carbocycles. The van der Waals surface area contributed by atoms with Crippen LogP contribution in [0, 0.1) is 0 Å². The summed E-state index contributed by atoms with van der Waals surface area (Å²) in [5.41, 5.74) is 6.40. The van der Waals surface area contributed by atoms with Crippen molar-refractivity contribution < 1.29 is 14.6 Å². The zero-order valence-corrected chi connectivity index (χ0v) is 9.99. The number of hydrogen-bond donors (Lipinski definition) is 2. The molecule has 0 spiro atoms. The summed E-state index contributed by atoms with van der Waals surface area (Å²) in [6.07, 6.45) is 0.482. The van der Waals surface area contributed by atoms with Gasteiger partial charge in [-0.25, -0.2) is 0 Å². The van der Waals surface area contributed by atoms with Crippen LogP contribution in [0.5, 0.6) is 11.5 Å². The van der Waals surface area contributed by atoms with Crippen molar-refractivity contribution in [1.82, 2.24) is 0 Å². The van der Waals surface area contributed by atoms with E-state index in [1.165, 1.54) is 0 Å². The smallest absolute Gasteiger partial charge is 0.127 e. The monoisotopic (exact) mass is 225 g/mol. The van der Waals surface area contributed by atoms with Crippen LogP contribution >= 0.6 is 0 Å². The molecule has 0 heterocycles. The van der Waals surface area contributed by atoms with E-state index in [0.29, 0.717) is 12.2 Å². The van der Waals surface area contributed by atoms with Gasteiger partial charge >= 0.3 is 0 Å². The summed E-state index contributed by atoms with van der Waals surface area (Å²) in [5, 5.41) is 8.98. The number of rotatable bonds is 5. The second kappa shape index (κ2) is 5.18. The summed E-state index contributed by atoms with van der Waals surface area (Å²) in [4.78, 5) is 0. The van der Waals surface area contributed by atoms with Crippen LogP contribution in [-0.2, 0) is 5.54 Å². The maximum Gasteiger partial charge on any atom is 0.127 e. The fourth-order valence-electron chi connectivity index (χ4n) is 1.64. The predicted molar refractivity (Wildman–Crippen MR) is 62.8 cm³/mol. The van der Waals surface area contributed by atoms with Crippen molar-refractivity contribution in [2.45, 2.75) is 18.9 Å². The minimum Gasteiger partial charge on any atom is -0.497 e. The van der Waals surface area contributed by atoms with E-state index in [0.717, 1.165) is 11.3 Å². The molecule has 0 aliphatic carbocycles. The number of hydrogen-bond acceptors (Lipinski definition) is 4. The second-order valence-electron chi connectivity index (χ2n) is 3.96. The quantitative estimate of drug-likeness (QED) is 0.791. The Hall–Kier alpha value is -1.26. The molecule has 0 saturated heterocycles. The van der Waals surface area contributed by atoms with Gasteiger partial charge in [-0.1, -0.05) is 0 Å². The van der Waals surface area contributed by atoms with E-state index in [-0.39, 0.29) is 6.61 Å². The average molecular weight is 225 g/mol. The van der Waals surface area contributed by atoms with Crippen LogP contribution in [0.1, 0.15) is 18.9 Å². The van der Waals surface area contributed by atoms with Gasteiger partial charge in [0.05, 0.1) is 14.2 Å². The van der Waals surface area contributed by atoms with Crippen molar-refractivity contribution in [2.75, 3.05) is 20.8 Å². The van der Waals surface area contributed by atoms with E-state index in [4.69, 9.17) is 20.3 Å². The van der Waals surface area contributed by atoms with Crippen LogP contribution in [0.3, 0.4) is 0 Å². The Morgan fingerprint density at radius 3 is 2.50 bits per heavy atom. The number of aliphatic hydroxyl groups is 1. The molecular weight excluding hydrogens is 206 g/mol. The largest absolute Gasteiger partial charge is 0.497 e. The summed E-state index contributed by atoms with van der Waals surface area (Å²) >= 11 is 0. The van der Waals surface area contributed by atoms with Gasteiger partial charge in [-0.2, -0.15) is 0 Å². The van der Waals surface area contributed by atoms with E-state index in [1.54, 1.807) is 20.3 Å². The first-order valence-electron chi connectivity index (χ1n) is 5.17. The molecule has 90 valence electrons. The first-order chi connectivity index (χ1) is 7.55. The summed E-state index contributed by atoms with van der Waals surface area (Å²) < 4.78 is 10.4.